The van der Waals surface area contributed by atoms with Crippen LogP contribution in [-0.4, -0.2) is 36.3 Å². The molecule has 1 aliphatic rings. The van der Waals surface area contributed by atoms with Crippen molar-refractivity contribution in [3.05, 3.63) is 121 Å². The molecule has 0 N–H and O–H groups in total. The molecule has 1 fully saturated rings. The maximum absolute atomic E-state index is 7.80. The van der Waals surface area contributed by atoms with Gasteiger partial charge in [0.05, 0.1) is 0 Å². The molecule has 38 heavy (non-hydrogen) atoms. The predicted molar refractivity (Wildman–Crippen MR) is 164 cm³/mol. The summed E-state index contributed by atoms with van der Waals surface area (Å²) in [6.45, 7) is 13.9. The quantitative estimate of drug-likeness (QED) is 0.271. The maximum atomic E-state index is 7.80. The molecular formula is C32H38O3Si2Sn. The van der Waals surface area contributed by atoms with Gasteiger partial charge in [0.2, 0.25) is 0 Å². The van der Waals surface area contributed by atoms with Crippen LogP contribution in [0.25, 0.3) is 0 Å². The molecule has 0 radical (unpaired) electrons. The van der Waals surface area contributed by atoms with E-state index in [4.69, 9.17) is 9.64 Å². The molecule has 0 unspecified atom stereocenters. The van der Waals surface area contributed by atoms with E-state index in [1.807, 2.05) is 0 Å². The Labute approximate surface area is 235 Å². The summed E-state index contributed by atoms with van der Waals surface area (Å²) in [7, 11) is -6.52. The first-order valence-electron chi connectivity index (χ1n) is 13.4. The Morgan fingerprint density at radius 3 is 0.868 bits per heavy atom. The Balaban J connectivity index is 1.95. The van der Waals surface area contributed by atoms with Crippen molar-refractivity contribution in [1.82, 2.24) is 0 Å². The Bertz CT molecular complexity index is 1170. The molecule has 4 aromatic carbocycles. The minimum atomic E-state index is -4.18. The average Bonchev–Trinajstić information content (AvgIpc) is 2.93. The van der Waals surface area contributed by atoms with E-state index in [2.05, 4.69) is 163 Å². The van der Waals surface area contributed by atoms with E-state index in [1.54, 1.807) is 0 Å². The van der Waals surface area contributed by atoms with Gasteiger partial charge in [0.1, 0.15) is 0 Å². The van der Waals surface area contributed by atoms with Gasteiger partial charge in [-0.25, -0.2) is 0 Å². The Morgan fingerprint density at radius 1 is 0.421 bits per heavy atom. The molecule has 0 saturated carbocycles. The Hall–Kier alpha value is -2.01. The van der Waals surface area contributed by atoms with Crippen LogP contribution < -0.4 is 20.7 Å². The molecule has 1 aliphatic heterocycles. The van der Waals surface area contributed by atoms with Crippen LogP contribution >= 0.6 is 0 Å². The Morgan fingerprint density at radius 2 is 0.658 bits per heavy atom. The van der Waals surface area contributed by atoms with Gasteiger partial charge in [0.15, 0.2) is 0 Å². The molecule has 4 aromatic rings. The molecule has 6 heteroatoms. The zero-order valence-corrected chi connectivity index (χ0v) is 28.1. The van der Waals surface area contributed by atoms with E-state index in [0.29, 0.717) is 0 Å². The molecule has 1 saturated heterocycles. The van der Waals surface area contributed by atoms with Crippen LogP contribution in [0.5, 0.6) is 0 Å². The van der Waals surface area contributed by atoms with Crippen LogP contribution in [0, 0.1) is 0 Å². The summed E-state index contributed by atoms with van der Waals surface area (Å²) >= 11 is -4.18. The minimum absolute atomic E-state index is 0.166. The third-order valence-corrected chi connectivity index (χ3v) is 36.4. The van der Waals surface area contributed by atoms with E-state index >= 15 is 0 Å². The first-order chi connectivity index (χ1) is 18.0. The first kappa shape index (κ1) is 27.6. The van der Waals surface area contributed by atoms with Gasteiger partial charge >= 0.3 is 236 Å². The molecule has 196 valence electrons. The van der Waals surface area contributed by atoms with E-state index in [0.717, 1.165) is 20.7 Å². The summed E-state index contributed by atoms with van der Waals surface area (Å²) in [6, 6.07) is 42.7. The molecule has 0 bridgehead atoms. The average molecular weight is 646 g/mol. The van der Waals surface area contributed by atoms with Crippen molar-refractivity contribution in [2.24, 2.45) is 0 Å². The van der Waals surface area contributed by atoms with Gasteiger partial charge in [0, 0.05) is 0 Å². The summed E-state index contributed by atoms with van der Waals surface area (Å²) in [5, 5.41) is 4.53. The Kier molecular flexibility index (Phi) is 7.39. The molecule has 1 heterocycles. The first-order valence-corrected chi connectivity index (χ1v) is 22.2. The summed E-state index contributed by atoms with van der Waals surface area (Å²) in [4.78, 5) is 0. The zero-order chi connectivity index (χ0) is 27.1. The second kappa shape index (κ2) is 10.2. The van der Waals surface area contributed by atoms with Crippen molar-refractivity contribution in [3.63, 3.8) is 0 Å². The van der Waals surface area contributed by atoms with Gasteiger partial charge in [-0.3, -0.25) is 0 Å². The SMILES string of the molecule is C[C](C)(C)[Sn]1([C](C)(C)C)[O][Si](c2ccccc2)(c2ccccc2)O[Si](c2ccccc2)(c2ccccc2)[O]1. The molecular weight excluding hydrogens is 607 g/mol. The monoisotopic (exact) mass is 646 g/mol. The second-order valence-corrected chi connectivity index (χ2v) is 33.7. The van der Waals surface area contributed by atoms with Gasteiger partial charge in [-0.1, -0.05) is 0 Å². The van der Waals surface area contributed by atoms with Crippen molar-refractivity contribution in [1.29, 1.82) is 0 Å². The van der Waals surface area contributed by atoms with E-state index in [1.165, 1.54) is 0 Å². The fraction of sp³-hybridized carbons (Fsp3) is 0.250. The molecule has 5 rings (SSSR count). The normalized spacial score (nSPS) is 18.6. The fourth-order valence-corrected chi connectivity index (χ4v) is 46.6. The number of hydrogen-bond donors (Lipinski definition) is 0. The molecule has 0 aromatic heterocycles. The van der Waals surface area contributed by atoms with E-state index in [-0.39, 0.29) is 6.86 Å². The molecule has 0 amide bonds. The summed E-state index contributed by atoms with van der Waals surface area (Å²) in [5.74, 6) is 0. The molecule has 0 atom stereocenters. The van der Waals surface area contributed by atoms with Crippen molar-refractivity contribution >= 4 is 57.1 Å². The summed E-state index contributed by atoms with van der Waals surface area (Å²) in [5.41, 5.74) is 0. The molecule has 0 aliphatic carbocycles. The fourth-order valence-electron chi connectivity index (χ4n) is 5.84. The second-order valence-electron chi connectivity index (χ2n) is 12.1. The zero-order valence-electron chi connectivity index (χ0n) is 23.3. The van der Waals surface area contributed by atoms with Crippen molar-refractivity contribution in [2.75, 3.05) is 0 Å². The third-order valence-electron chi connectivity index (χ3n) is 7.45. The van der Waals surface area contributed by atoms with Crippen molar-refractivity contribution in [3.8, 4) is 0 Å². The third kappa shape index (κ3) is 4.57. The van der Waals surface area contributed by atoms with Gasteiger partial charge < -0.3 is 0 Å². The number of rotatable bonds is 4. The summed E-state index contributed by atoms with van der Waals surface area (Å²) < 4.78 is 23.0. The van der Waals surface area contributed by atoms with Crippen LogP contribution in [0.1, 0.15) is 41.5 Å². The van der Waals surface area contributed by atoms with E-state index < -0.39 is 36.3 Å². The van der Waals surface area contributed by atoms with Crippen LogP contribution in [0.3, 0.4) is 0 Å². The molecule has 3 nitrogen and oxygen atoms in total. The van der Waals surface area contributed by atoms with Crippen LogP contribution in [0.15, 0.2) is 121 Å². The van der Waals surface area contributed by atoms with Crippen LogP contribution in [-0.2, 0) is 9.64 Å². The van der Waals surface area contributed by atoms with Gasteiger partial charge in [-0.15, -0.1) is 0 Å². The van der Waals surface area contributed by atoms with Gasteiger partial charge in [-0.2, -0.15) is 0 Å². The van der Waals surface area contributed by atoms with Crippen molar-refractivity contribution in [2.45, 2.75) is 48.4 Å². The van der Waals surface area contributed by atoms with Gasteiger partial charge in [-0.05, 0) is 0 Å². The van der Waals surface area contributed by atoms with Crippen LogP contribution in [0.2, 0.25) is 6.86 Å². The summed E-state index contributed by atoms with van der Waals surface area (Å²) in [6.07, 6.45) is 0. The number of benzene rings is 4. The van der Waals surface area contributed by atoms with E-state index in [9.17, 15) is 0 Å². The standard InChI is InChI=1S/C24H20O3Si2.2C4H9.Sn/c25-28(21-13-5-1-6-14-21,22-15-7-2-8-16-22)27-29(26,23-17-9-3-10-18-23)24-19-11-4-12-20-24;2*1-4(2)3;/h1-20H;2*1-3H3;/q-2;;;+2. The van der Waals surface area contributed by atoms with Crippen molar-refractivity contribution < 1.29 is 9.64 Å². The van der Waals surface area contributed by atoms with Gasteiger partial charge in [0.25, 0.3) is 0 Å². The molecule has 0 spiro atoms. The predicted octanol–water partition coefficient (Wildman–Crippen LogP) is 5.61. The van der Waals surface area contributed by atoms with Crippen LogP contribution in [0.4, 0.5) is 0 Å². The topological polar surface area (TPSA) is 27.7 Å². The number of hydrogen-bond acceptors (Lipinski definition) is 3.